The lowest BCUT2D eigenvalue weighted by molar-refractivity contribution is -0.140. The highest BCUT2D eigenvalue weighted by atomic mass is 19.4. The number of benzene rings is 2. The van der Waals surface area contributed by atoms with Gasteiger partial charge in [-0.1, -0.05) is 18.2 Å². The molecule has 0 bridgehead atoms. The van der Waals surface area contributed by atoms with Crippen molar-refractivity contribution in [3.63, 3.8) is 0 Å². The van der Waals surface area contributed by atoms with E-state index in [4.69, 9.17) is 4.74 Å². The van der Waals surface area contributed by atoms with E-state index in [1.165, 1.54) is 0 Å². The highest BCUT2D eigenvalue weighted by Crippen LogP contribution is 2.34. The Balaban J connectivity index is 1.40. The third-order valence-electron chi connectivity index (χ3n) is 5.78. The van der Waals surface area contributed by atoms with Crippen molar-refractivity contribution in [1.29, 1.82) is 0 Å². The van der Waals surface area contributed by atoms with Gasteiger partial charge < -0.3 is 15.4 Å². The lowest BCUT2D eigenvalue weighted by atomic mass is 9.90. The number of fused-ring (bicyclic) bond motifs is 1. The first-order valence-electron chi connectivity index (χ1n) is 10.5. The van der Waals surface area contributed by atoms with Crippen molar-refractivity contribution in [2.24, 2.45) is 0 Å². The Bertz CT molecular complexity index is 1090. The molecule has 1 heterocycles. The maximum Gasteiger partial charge on any atom is 0.433 e. The number of hydrogen-bond donors (Lipinski definition) is 2. The molecule has 0 saturated heterocycles. The predicted octanol–water partition coefficient (Wildman–Crippen LogP) is 5.42. The summed E-state index contributed by atoms with van der Waals surface area (Å²) in [5.74, 6) is 0.546. The molecule has 4 rings (SSSR count). The van der Waals surface area contributed by atoms with Gasteiger partial charge in [-0.05, 0) is 62.1 Å². The molecular weight excluding hydrogens is 419 g/mol. The summed E-state index contributed by atoms with van der Waals surface area (Å²) in [5.41, 5.74) is 0.409. The second-order valence-corrected chi connectivity index (χ2v) is 7.96. The van der Waals surface area contributed by atoms with Gasteiger partial charge in [-0.3, -0.25) is 4.79 Å². The SMILES string of the molecule is COc1ccc(C(=O)NC2CCC(Nc3cc(C(F)(F)F)nc4ccccc34)CC2)cc1. The molecule has 2 N–H and O–H groups in total. The van der Waals surface area contributed by atoms with Gasteiger partial charge in [0.05, 0.1) is 12.6 Å². The average Bonchev–Trinajstić information content (AvgIpc) is 2.79. The van der Waals surface area contributed by atoms with Crippen molar-refractivity contribution in [2.45, 2.75) is 43.9 Å². The predicted molar refractivity (Wildman–Crippen MR) is 117 cm³/mol. The van der Waals surface area contributed by atoms with Crippen LogP contribution in [0.25, 0.3) is 10.9 Å². The van der Waals surface area contributed by atoms with E-state index in [1.807, 2.05) is 0 Å². The molecule has 0 unspecified atom stereocenters. The molecule has 1 aromatic heterocycles. The first kappa shape index (κ1) is 21.9. The van der Waals surface area contributed by atoms with Gasteiger partial charge >= 0.3 is 6.18 Å². The average molecular weight is 443 g/mol. The number of alkyl halides is 3. The Kier molecular flexibility index (Phi) is 6.21. The number of aromatic nitrogens is 1. The van der Waals surface area contributed by atoms with E-state index in [-0.39, 0.29) is 18.0 Å². The number of carbonyl (C=O) groups is 1. The third kappa shape index (κ3) is 4.95. The van der Waals surface area contributed by atoms with Crippen LogP contribution in [0, 0.1) is 0 Å². The van der Waals surface area contributed by atoms with Gasteiger partial charge in [0.25, 0.3) is 5.91 Å². The minimum absolute atomic E-state index is 0.0241. The molecule has 0 atom stereocenters. The van der Waals surface area contributed by atoms with Gasteiger partial charge in [0.2, 0.25) is 0 Å². The number of rotatable bonds is 5. The highest BCUT2D eigenvalue weighted by molar-refractivity contribution is 5.94. The maximum absolute atomic E-state index is 13.3. The molecule has 5 nitrogen and oxygen atoms in total. The zero-order valence-corrected chi connectivity index (χ0v) is 17.6. The molecule has 0 aliphatic heterocycles. The Morgan fingerprint density at radius 3 is 2.31 bits per heavy atom. The molecule has 32 heavy (non-hydrogen) atoms. The van der Waals surface area contributed by atoms with E-state index in [1.54, 1.807) is 55.6 Å². The molecule has 0 spiro atoms. The van der Waals surface area contributed by atoms with E-state index >= 15 is 0 Å². The molecule has 1 fully saturated rings. The van der Waals surface area contributed by atoms with Crippen LogP contribution in [-0.2, 0) is 6.18 Å². The van der Waals surface area contributed by atoms with E-state index in [9.17, 15) is 18.0 Å². The largest absolute Gasteiger partial charge is 0.497 e. The molecule has 1 saturated carbocycles. The van der Waals surface area contributed by atoms with Crippen LogP contribution in [0.3, 0.4) is 0 Å². The molecule has 2 aromatic carbocycles. The van der Waals surface area contributed by atoms with Crippen LogP contribution in [0.5, 0.6) is 5.75 Å². The number of hydrogen-bond acceptors (Lipinski definition) is 4. The zero-order chi connectivity index (χ0) is 22.7. The van der Waals surface area contributed by atoms with Crippen molar-refractivity contribution in [3.05, 3.63) is 65.9 Å². The topological polar surface area (TPSA) is 63.2 Å². The molecule has 3 aromatic rings. The number of nitrogens with one attached hydrogen (secondary N) is 2. The van der Waals surface area contributed by atoms with Gasteiger partial charge in [0.15, 0.2) is 0 Å². The van der Waals surface area contributed by atoms with Crippen LogP contribution in [0.1, 0.15) is 41.7 Å². The first-order valence-corrected chi connectivity index (χ1v) is 10.5. The standard InChI is InChI=1S/C24H24F3N3O2/c1-32-18-12-6-15(7-13-18)23(31)29-17-10-8-16(9-11-17)28-21-14-22(24(25,26)27)30-20-5-3-2-4-19(20)21/h2-7,12-14,16-17H,8-11H2,1H3,(H,28,30)(H,29,31). The van der Waals surface area contributed by atoms with Crippen LogP contribution < -0.4 is 15.4 Å². The fraction of sp³-hybridized carbons (Fsp3) is 0.333. The van der Waals surface area contributed by atoms with E-state index in [2.05, 4.69) is 15.6 Å². The summed E-state index contributed by atoms with van der Waals surface area (Å²) in [4.78, 5) is 16.2. The van der Waals surface area contributed by atoms with Gasteiger partial charge in [-0.2, -0.15) is 13.2 Å². The number of nitrogens with zero attached hydrogens (tertiary/aromatic N) is 1. The third-order valence-corrected chi connectivity index (χ3v) is 5.78. The van der Waals surface area contributed by atoms with Crippen LogP contribution in [0.15, 0.2) is 54.6 Å². The summed E-state index contributed by atoms with van der Waals surface area (Å²) in [5, 5.41) is 7.00. The lowest BCUT2D eigenvalue weighted by Gasteiger charge is -2.30. The van der Waals surface area contributed by atoms with E-state index in [0.29, 0.717) is 27.9 Å². The quantitative estimate of drug-likeness (QED) is 0.553. The first-order chi connectivity index (χ1) is 15.3. The van der Waals surface area contributed by atoms with Gasteiger partial charge in [-0.25, -0.2) is 4.98 Å². The van der Waals surface area contributed by atoms with Crippen molar-refractivity contribution in [3.8, 4) is 5.75 Å². The fourth-order valence-electron chi connectivity index (χ4n) is 4.05. The number of ether oxygens (including phenoxy) is 1. The summed E-state index contributed by atoms with van der Waals surface area (Å²) in [7, 11) is 1.57. The number of para-hydroxylation sites is 1. The summed E-state index contributed by atoms with van der Waals surface area (Å²) in [6.07, 6.45) is -1.54. The number of amides is 1. The molecule has 168 valence electrons. The Hall–Kier alpha value is -3.29. The highest BCUT2D eigenvalue weighted by Gasteiger charge is 2.33. The molecule has 1 aliphatic carbocycles. The normalized spacial score (nSPS) is 18.9. The minimum Gasteiger partial charge on any atom is -0.497 e. The van der Waals surface area contributed by atoms with Crippen LogP contribution in [0.2, 0.25) is 0 Å². The summed E-state index contributed by atoms with van der Waals surface area (Å²) in [6, 6.07) is 14.9. The summed E-state index contributed by atoms with van der Waals surface area (Å²) in [6.45, 7) is 0. The van der Waals surface area contributed by atoms with Gasteiger partial charge in [-0.15, -0.1) is 0 Å². The molecular formula is C24H24F3N3O2. The lowest BCUT2D eigenvalue weighted by Crippen LogP contribution is -2.40. The molecule has 8 heteroatoms. The van der Waals surface area contributed by atoms with Crippen molar-refractivity contribution >= 4 is 22.5 Å². The number of pyridine rings is 1. The van der Waals surface area contributed by atoms with Crippen molar-refractivity contribution in [2.75, 3.05) is 12.4 Å². The minimum atomic E-state index is -4.51. The van der Waals surface area contributed by atoms with E-state index < -0.39 is 11.9 Å². The monoisotopic (exact) mass is 443 g/mol. The van der Waals surface area contributed by atoms with Gasteiger partial charge in [0, 0.05) is 28.7 Å². The van der Waals surface area contributed by atoms with Gasteiger partial charge in [0.1, 0.15) is 11.4 Å². The second kappa shape index (κ2) is 9.06. The number of carbonyl (C=O) groups excluding carboxylic acids is 1. The Morgan fingerprint density at radius 1 is 1.00 bits per heavy atom. The summed E-state index contributed by atoms with van der Waals surface area (Å²) >= 11 is 0. The number of anilines is 1. The zero-order valence-electron chi connectivity index (χ0n) is 17.6. The molecule has 0 radical (unpaired) electrons. The van der Waals surface area contributed by atoms with Crippen LogP contribution in [0.4, 0.5) is 18.9 Å². The molecule has 1 amide bonds. The number of methoxy groups -OCH3 is 1. The van der Waals surface area contributed by atoms with E-state index in [0.717, 1.165) is 31.7 Å². The summed E-state index contributed by atoms with van der Waals surface area (Å²) < 4.78 is 45.0. The fourth-order valence-corrected chi connectivity index (χ4v) is 4.05. The van der Waals surface area contributed by atoms with Crippen LogP contribution >= 0.6 is 0 Å². The number of halogens is 3. The molecule has 1 aliphatic rings. The van der Waals surface area contributed by atoms with Crippen molar-refractivity contribution in [1.82, 2.24) is 10.3 Å². The maximum atomic E-state index is 13.3. The van der Waals surface area contributed by atoms with Crippen molar-refractivity contribution < 1.29 is 22.7 Å². The van der Waals surface area contributed by atoms with Crippen LogP contribution in [-0.4, -0.2) is 30.1 Å². The smallest absolute Gasteiger partial charge is 0.433 e. The Morgan fingerprint density at radius 2 is 1.66 bits per heavy atom. The Labute approximate surface area is 184 Å². The second-order valence-electron chi connectivity index (χ2n) is 7.96.